The molecule has 4 atom stereocenters. The van der Waals surface area contributed by atoms with Gasteiger partial charge in [0.15, 0.2) is 0 Å². The van der Waals surface area contributed by atoms with Crippen LogP contribution in [-0.4, -0.2) is 82.2 Å². The molecule has 0 saturated carbocycles. The van der Waals surface area contributed by atoms with E-state index in [9.17, 15) is 0 Å². The molecule has 0 aromatic carbocycles. The third-order valence-electron chi connectivity index (χ3n) is 8.13. The predicted molar refractivity (Wildman–Crippen MR) is 123 cm³/mol. The average Bonchev–Trinajstić information content (AvgIpc) is 3.16. The number of fused-ring (bicyclic) bond motifs is 4. The van der Waals surface area contributed by atoms with Crippen molar-refractivity contribution < 1.29 is 0 Å². The number of rotatable bonds is 4. The van der Waals surface area contributed by atoms with E-state index in [1.54, 1.807) is 0 Å². The van der Waals surface area contributed by atoms with E-state index in [1.165, 1.54) is 38.5 Å². The third-order valence-corrected chi connectivity index (χ3v) is 8.13. The van der Waals surface area contributed by atoms with E-state index in [1.807, 2.05) is 12.4 Å². The highest BCUT2D eigenvalue weighted by molar-refractivity contribution is 5.46. The Morgan fingerprint density at radius 3 is 1.53 bits per heavy atom. The van der Waals surface area contributed by atoms with Crippen LogP contribution in [0.1, 0.15) is 66.2 Å². The van der Waals surface area contributed by atoms with Gasteiger partial charge in [-0.2, -0.15) is 0 Å². The molecule has 0 amide bonds. The van der Waals surface area contributed by atoms with Crippen molar-refractivity contribution in [3.05, 3.63) is 12.4 Å². The molecule has 6 nitrogen and oxygen atoms in total. The first-order chi connectivity index (χ1) is 14.5. The Kier molecular flexibility index (Phi) is 5.65. The largest absolute Gasteiger partial charge is 0.354 e. The molecular weight excluding hydrogens is 372 g/mol. The monoisotopic (exact) mass is 412 g/mol. The Morgan fingerprint density at radius 2 is 1.10 bits per heavy atom. The molecule has 4 aliphatic rings. The van der Waals surface area contributed by atoms with Crippen LogP contribution in [0.5, 0.6) is 0 Å². The highest BCUT2D eigenvalue weighted by Crippen LogP contribution is 2.35. The molecule has 1 aromatic rings. The summed E-state index contributed by atoms with van der Waals surface area (Å²) in [6.45, 7) is 13.8. The van der Waals surface area contributed by atoms with Crippen LogP contribution in [-0.2, 0) is 0 Å². The summed E-state index contributed by atoms with van der Waals surface area (Å²) in [4.78, 5) is 20.4. The number of anilines is 2. The Hall–Kier alpha value is -1.40. The normalized spacial score (nSPS) is 32.9. The summed E-state index contributed by atoms with van der Waals surface area (Å²) in [6.07, 6.45) is 11.9. The molecule has 1 aromatic heterocycles. The van der Waals surface area contributed by atoms with Gasteiger partial charge in [0.1, 0.15) is 11.6 Å². The lowest BCUT2D eigenvalue weighted by molar-refractivity contribution is 0.158. The molecule has 5 rings (SSSR count). The van der Waals surface area contributed by atoms with Crippen molar-refractivity contribution in [1.29, 1.82) is 0 Å². The van der Waals surface area contributed by atoms with Gasteiger partial charge in [-0.05, 0) is 66.2 Å². The fourth-order valence-corrected chi connectivity index (χ4v) is 6.97. The Morgan fingerprint density at radius 1 is 0.667 bits per heavy atom. The van der Waals surface area contributed by atoms with Gasteiger partial charge in [0.2, 0.25) is 0 Å². The molecule has 0 unspecified atom stereocenters. The second-order valence-corrected chi connectivity index (χ2v) is 10.6. The summed E-state index contributed by atoms with van der Waals surface area (Å²) in [5.74, 6) is 2.16. The van der Waals surface area contributed by atoms with E-state index in [0.717, 1.165) is 49.9 Å². The summed E-state index contributed by atoms with van der Waals surface area (Å²) in [5.41, 5.74) is 0. The number of aromatic nitrogens is 2. The first-order valence-corrected chi connectivity index (χ1v) is 12.4. The predicted octanol–water partition coefficient (Wildman–Crippen LogP) is 3.38. The van der Waals surface area contributed by atoms with Crippen molar-refractivity contribution in [2.24, 2.45) is 0 Å². The minimum atomic E-state index is 0.635. The molecule has 4 aliphatic heterocycles. The molecule has 0 N–H and O–H groups in total. The molecule has 0 spiro atoms. The Bertz CT molecular complexity index is 679. The lowest BCUT2D eigenvalue weighted by Crippen LogP contribution is -2.43. The van der Waals surface area contributed by atoms with Crippen LogP contribution in [0.15, 0.2) is 12.4 Å². The van der Waals surface area contributed by atoms with Crippen molar-refractivity contribution >= 4 is 11.6 Å². The maximum absolute atomic E-state index is 5.16. The van der Waals surface area contributed by atoms with Crippen molar-refractivity contribution in [3.63, 3.8) is 0 Å². The second kappa shape index (κ2) is 8.27. The second-order valence-electron chi connectivity index (χ2n) is 10.6. The van der Waals surface area contributed by atoms with Gasteiger partial charge in [-0.1, -0.05) is 0 Å². The summed E-state index contributed by atoms with van der Waals surface area (Å²) in [7, 11) is 0. The van der Waals surface area contributed by atoms with Gasteiger partial charge in [0, 0.05) is 62.4 Å². The van der Waals surface area contributed by atoms with Gasteiger partial charge in [0.25, 0.3) is 0 Å². The van der Waals surface area contributed by atoms with E-state index >= 15 is 0 Å². The molecule has 166 valence electrons. The minimum Gasteiger partial charge on any atom is -0.354 e. The van der Waals surface area contributed by atoms with Crippen molar-refractivity contribution in [3.8, 4) is 0 Å². The van der Waals surface area contributed by atoms with Gasteiger partial charge < -0.3 is 9.80 Å². The lowest BCUT2D eigenvalue weighted by Gasteiger charge is -2.33. The maximum Gasteiger partial charge on any atom is 0.149 e. The standard InChI is InChI=1S/C24H40N6/c1-17(2)29-19-5-7-21(29)15-27(11-9-19)23-13-25-14-24(26-23)28-12-10-20-6-8-22(16-28)30(20)18(3)4/h13-14,17-22H,5-12,15-16H2,1-4H3/t19-,20+,21-,22-/m0/s1. The highest BCUT2D eigenvalue weighted by atomic mass is 15.3. The lowest BCUT2D eigenvalue weighted by atomic mass is 10.1. The molecule has 5 heterocycles. The molecule has 6 heteroatoms. The molecule has 4 fully saturated rings. The zero-order chi connectivity index (χ0) is 20.8. The topological polar surface area (TPSA) is 38.7 Å². The average molecular weight is 413 g/mol. The fourth-order valence-electron chi connectivity index (χ4n) is 6.97. The quantitative estimate of drug-likeness (QED) is 0.755. The van der Waals surface area contributed by atoms with Gasteiger partial charge >= 0.3 is 0 Å². The van der Waals surface area contributed by atoms with E-state index in [2.05, 4.69) is 52.3 Å². The van der Waals surface area contributed by atoms with E-state index in [-0.39, 0.29) is 0 Å². The highest BCUT2D eigenvalue weighted by Gasteiger charge is 2.40. The summed E-state index contributed by atoms with van der Waals surface area (Å²) in [5, 5.41) is 0. The Balaban J connectivity index is 1.33. The number of nitrogens with zero attached hydrogens (tertiary/aromatic N) is 6. The van der Waals surface area contributed by atoms with Crippen LogP contribution < -0.4 is 9.80 Å². The van der Waals surface area contributed by atoms with Crippen LogP contribution >= 0.6 is 0 Å². The van der Waals surface area contributed by atoms with Crippen molar-refractivity contribution in [1.82, 2.24) is 19.8 Å². The molecular formula is C24H40N6. The van der Waals surface area contributed by atoms with Gasteiger partial charge in [-0.25, -0.2) is 4.98 Å². The van der Waals surface area contributed by atoms with Crippen molar-refractivity contribution in [2.75, 3.05) is 36.0 Å². The molecule has 0 radical (unpaired) electrons. The molecule has 30 heavy (non-hydrogen) atoms. The van der Waals surface area contributed by atoms with Crippen molar-refractivity contribution in [2.45, 2.75) is 102 Å². The fraction of sp³-hybridized carbons (Fsp3) is 0.833. The van der Waals surface area contributed by atoms with Crippen LogP contribution in [0.25, 0.3) is 0 Å². The van der Waals surface area contributed by atoms with Crippen LogP contribution in [0.4, 0.5) is 11.6 Å². The Labute approximate surface area is 182 Å². The van der Waals surface area contributed by atoms with Crippen LogP contribution in [0, 0.1) is 0 Å². The maximum atomic E-state index is 5.16. The summed E-state index contributed by atoms with van der Waals surface area (Å²) >= 11 is 0. The van der Waals surface area contributed by atoms with Gasteiger partial charge in [-0.15, -0.1) is 0 Å². The number of hydrogen-bond donors (Lipinski definition) is 0. The SMILES string of the molecule is CC(C)N1[C@@H]2CC[C@H]1CN(c1cncc(N3CC[C@@H]4CC[C@@H](C3)N4C(C)C)n1)CC2. The minimum absolute atomic E-state index is 0.635. The summed E-state index contributed by atoms with van der Waals surface area (Å²) in [6, 6.07) is 4.10. The first-order valence-electron chi connectivity index (χ1n) is 12.4. The van der Waals surface area contributed by atoms with Gasteiger partial charge in [-0.3, -0.25) is 14.8 Å². The third kappa shape index (κ3) is 3.70. The first kappa shape index (κ1) is 20.5. The molecule has 4 saturated heterocycles. The van der Waals surface area contributed by atoms with E-state index in [4.69, 9.17) is 4.98 Å². The summed E-state index contributed by atoms with van der Waals surface area (Å²) < 4.78 is 0. The molecule has 0 aliphatic carbocycles. The molecule has 4 bridgehead atoms. The zero-order valence-electron chi connectivity index (χ0n) is 19.4. The van der Waals surface area contributed by atoms with E-state index < -0.39 is 0 Å². The smallest absolute Gasteiger partial charge is 0.149 e. The van der Waals surface area contributed by atoms with E-state index in [0.29, 0.717) is 24.2 Å². The number of hydrogen-bond acceptors (Lipinski definition) is 6. The zero-order valence-corrected chi connectivity index (χ0v) is 19.4. The van der Waals surface area contributed by atoms with Crippen LogP contribution in [0.2, 0.25) is 0 Å². The van der Waals surface area contributed by atoms with Gasteiger partial charge in [0.05, 0.1) is 12.4 Å². The van der Waals surface area contributed by atoms with Crippen LogP contribution in [0.3, 0.4) is 0 Å².